The molecule has 0 aromatic heterocycles. The lowest BCUT2D eigenvalue weighted by atomic mass is 9.77. The van der Waals surface area contributed by atoms with Gasteiger partial charge in [-0.3, -0.25) is 4.79 Å². The molecule has 1 fully saturated rings. The molecule has 1 aliphatic heterocycles. The summed E-state index contributed by atoms with van der Waals surface area (Å²) in [4.78, 5) is 23.8. The Morgan fingerprint density at radius 3 is 2.32 bits per heavy atom. The number of carboxylic acid groups (broad SMARTS) is 1. The SMILES string of the molecule is O=C([O-])CCC(=O)N1N=C2/C(=C/c3ccc(Br)cc3)CCC[C@@H]2[C@@H]1c1ccc(Br)cc1. The molecule has 2 aliphatic rings. The Balaban J connectivity index is 1.70. The monoisotopic (exact) mass is 543 g/mol. The number of rotatable bonds is 5. The zero-order valence-electron chi connectivity index (χ0n) is 16.8. The minimum atomic E-state index is -1.23. The van der Waals surface area contributed by atoms with E-state index in [1.165, 1.54) is 5.01 Å². The number of benzene rings is 2. The molecule has 0 bridgehead atoms. The Bertz CT molecular complexity index is 1050. The smallest absolute Gasteiger partial charge is 0.243 e. The summed E-state index contributed by atoms with van der Waals surface area (Å²) >= 11 is 6.93. The Labute approximate surface area is 198 Å². The van der Waals surface area contributed by atoms with Gasteiger partial charge in [-0.15, -0.1) is 0 Å². The number of carbonyl (C=O) groups excluding carboxylic acids is 2. The second-order valence-corrected chi connectivity index (χ2v) is 9.64. The van der Waals surface area contributed by atoms with Gasteiger partial charge >= 0.3 is 0 Å². The number of fused-ring (bicyclic) bond motifs is 1. The van der Waals surface area contributed by atoms with Crippen LogP contribution in [0.3, 0.4) is 0 Å². The maximum Gasteiger partial charge on any atom is 0.243 e. The van der Waals surface area contributed by atoms with Crippen molar-refractivity contribution in [2.75, 3.05) is 0 Å². The summed E-state index contributed by atoms with van der Waals surface area (Å²) in [5.74, 6) is -1.43. The Hall–Kier alpha value is -2.25. The van der Waals surface area contributed by atoms with Crippen LogP contribution in [0.4, 0.5) is 0 Å². The van der Waals surface area contributed by atoms with E-state index in [1.807, 2.05) is 48.5 Å². The molecule has 1 heterocycles. The minimum Gasteiger partial charge on any atom is -0.550 e. The average molecular weight is 545 g/mol. The molecule has 0 unspecified atom stereocenters. The second kappa shape index (κ2) is 9.49. The summed E-state index contributed by atoms with van der Waals surface area (Å²) in [6.45, 7) is 0. The van der Waals surface area contributed by atoms with Crippen molar-refractivity contribution in [1.29, 1.82) is 0 Å². The van der Waals surface area contributed by atoms with Crippen molar-refractivity contribution in [3.63, 3.8) is 0 Å². The van der Waals surface area contributed by atoms with Crippen molar-refractivity contribution in [3.05, 3.63) is 74.2 Å². The van der Waals surface area contributed by atoms with Crippen molar-refractivity contribution >= 4 is 55.5 Å². The Morgan fingerprint density at radius 1 is 1.03 bits per heavy atom. The number of hydrazone groups is 1. The summed E-state index contributed by atoms with van der Waals surface area (Å²) in [7, 11) is 0. The first kappa shape index (κ1) is 22.0. The molecule has 0 spiro atoms. The molecule has 7 heteroatoms. The molecule has 0 saturated heterocycles. The fraction of sp³-hybridized carbons (Fsp3) is 0.292. The van der Waals surface area contributed by atoms with Crippen molar-refractivity contribution in [1.82, 2.24) is 5.01 Å². The summed E-state index contributed by atoms with van der Waals surface area (Å²) in [5.41, 5.74) is 4.15. The number of carbonyl (C=O) groups is 2. The van der Waals surface area contributed by atoms with E-state index in [2.05, 4.69) is 37.9 Å². The molecule has 0 N–H and O–H groups in total. The van der Waals surface area contributed by atoms with Crippen molar-refractivity contribution in [2.24, 2.45) is 11.0 Å². The first-order valence-electron chi connectivity index (χ1n) is 10.2. The van der Waals surface area contributed by atoms with E-state index >= 15 is 0 Å². The van der Waals surface area contributed by atoms with E-state index in [4.69, 9.17) is 5.10 Å². The number of carboxylic acids is 1. The highest BCUT2D eigenvalue weighted by molar-refractivity contribution is 9.10. The first-order valence-corrected chi connectivity index (χ1v) is 11.8. The highest BCUT2D eigenvalue weighted by Gasteiger charge is 2.43. The number of hydrogen-bond acceptors (Lipinski definition) is 4. The predicted octanol–water partition coefficient (Wildman–Crippen LogP) is 4.86. The fourth-order valence-electron chi connectivity index (χ4n) is 4.28. The third kappa shape index (κ3) is 4.99. The Kier molecular flexibility index (Phi) is 6.72. The Morgan fingerprint density at radius 2 is 1.68 bits per heavy atom. The standard InChI is InChI=1S/C24H22Br2N2O3/c25-18-8-4-15(5-9-18)14-17-2-1-3-20-23(17)27-28(21(29)12-13-22(30)31)24(20)16-6-10-19(26)11-7-16/h4-11,14,20,24H,1-3,12-13H2,(H,30,31)/p-1/b17-14+/t20-,24-/m0/s1. The number of halogens is 2. The molecule has 2 atom stereocenters. The minimum absolute atomic E-state index is 0.0866. The second-order valence-electron chi connectivity index (χ2n) is 7.81. The van der Waals surface area contributed by atoms with Gasteiger partial charge in [0.25, 0.3) is 0 Å². The van der Waals surface area contributed by atoms with E-state index in [9.17, 15) is 14.7 Å². The zero-order chi connectivity index (χ0) is 22.0. The molecule has 2 aromatic carbocycles. The van der Waals surface area contributed by atoms with Crippen LogP contribution in [-0.2, 0) is 9.59 Å². The van der Waals surface area contributed by atoms with Gasteiger partial charge in [0.1, 0.15) is 0 Å². The van der Waals surface area contributed by atoms with Crippen molar-refractivity contribution < 1.29 is 14.7 Å². The molecule has 0 radical (unpaired) electrons. The van der Waals surface area contributed by atoms with Gasteiger partial charge in [-0.1, -0.05) is 56.1 Å². The van der Waals surface area contributed by atoms with E-state index in [0.717, 1.165) is 50.6 Å². The summed E-state index contributed by atoms with van der Waals surface area (Å²) in [5, 5.41) is 17.2. The number of allylic oxidation sites excluding steroid dienone is 1. The quantitative estimate of drug-likeness (QED) is 0.539. The van der Waals surface area contributed by atoms with Gasteiger partial charge < -0.3 is 9.90 Å². The fourth-order valence-corrected chi connectivity index (χ4v) is 4.81. The van der Waals surface area contributed by atoms with Crippen molar-refractivity contribution in [3.8, 4) is 0 Å². The molecule has 31 heavy (non-hydrogen) atoms. The van der Waals surface area contributed by atoms with Crippen LogP contribution in [-0.4, -0.2) is 22.6 Å². The third-order valence-corrected chi connectivity index (χ3v) is 6.78. The van der Waals surface area contributed by atoms with Gasteiger partial charge in [0.2, 0.25) is 5.91 Å². The molecule has 4 rings (SSSR count). The lowest BCUT2D eigenvalue weighted by Crippen LogP contribution is -2.33. The summed E-state index contributed by atoms with van der Waals surface area (Å²) in [6.07, 6.45) is 4.57. The van der Waals surface area contributed by atoms with Gasteiger partial charge in [-0.25, -0.2) is 5.01 Å². The van der Waals surface area contributed by atoms with Crippen LogP contribution < -0.4 is 5.11 Å². The number of nitrogens with zero attached hydrogens (tertiary/aromatic N) is 2. The highest BCUT2D eigenvalue weighted by atomic mass is 79.9. The topological polar surface area (TPSA) is 72.8 Å². The summed E-state index contributed by atoms with van der Waals surface area (Å²) in [6, 6.07) is 15.8. The molecule has 1 aliphatic carbocycles. The number of hydrogen-bond donors (Lipinski definition) is 0. The first-order chi connectivity index (χ1) is 14.9. The zero-order valence-corrected chi connectivity index (χ0v) is 19.9. The predicted molar refractivity (Wildman–Crippen MR) is 125 cm³/mol. The molecular formula is C24H21Br2N2O3-. The van der Waals surface area contributed by atoms with Gasteiger partial charge in [0.05, 0.1) is 11.8 Å². The number of aliphatic carboxylic acids is 1. The van der Waals surface area contributed by atoms with Crippen LogP contribution in [0.5, 0.6) is 0 Å². The van der Waals surface area contributed by atoms with E-state index in [1.54, 1.807) is 0 Å². The van der Waals surface area contributed by atoms with Crippen molar-refractivity contribution in [2.45, 2.75) is 38.1 Å². The maximum absolute atomic E-state index is 12.9. The third-order valence-electron chi connectivity index (χ3n) is 5.72. The van der Waals surface area contributed by atoms with Crippen LogP contribution in [0, 0.1) is 5.92 Å². The molecule has 160 valence electrons. The highest BCUT2D eigenvalue weighted by Crippen LogP contribution is 2.44. The lowest BCUT2D eigenvalue weighted by molar-refractivity contribution is -0.305. The molecule has 1 saturated carbocycles. The molecule has 2 aromatic rings. The normalized spacial score (nSPS) is 21.7. The number of amides is 1. The molecule has 1 amide bonds. The van der Waals surface area contributed by atoms with Gasteiger partial charge in [0, 0.05) is 27.3 Å². The van der Waals surface area contributed by atoms with Crippen LogP contribution in [0.25, 0.3) is 6.08 Å². The van der Waals surface area contributed by atoms with Crippen LogP contribution in [0.15, 0.2) is 68.2 Å². The lowest BCUT2D eigenvalue weighted by Gasteiger charge is -2.29. The van der Waals surface area contributed by atoms with Gasteiger partial charge in [-0.05, 0) is 72.7 Å². The van der Waals surface area contributed by atoms with Gasteiger partial charge in [0.15, 0.2) is 0 Å². The van der Waals surface area contributed by atoms with Crippen LogP contribution in [0.2, 0.25) is 0 Å². The average Bonchev–Trinajstić information content (AvgIpc) is 3.15. The van der Waals surface area contributed by atoms with E-state index in [0.29, 0.717) is 0 Å². The molecule has 5 nitrogen and oxygen atoms in total. The van der Waals surface area contributed by atoms with Crippen LogP contribution in [0.1, 0.15) is 49.3 Å². The maximum atomic E-state index is 12.9. The van der Waals surface area contributed by atoms with Gasteiger partial charge in [-0.2, -0.15) is 5.10 Å². The van der Waals surface area contributed by atoms with E-state index < -0.39 is 5.97 Å². The summed E-state index contributed by atoms with van der Waals surface area (Å²) < 4.78 is 1.99. The largest absolute Gasteiger partial charge is 0.550 e. The molecular weight excluding hydrogens is 524 g/mol. The van der Waals surface area contributed by atoms with E-state index in [-0.39, 0.29) is 30.7 Å². The van der Waals surface area contributed by atoms with Crippen LogP contribution >= 0.6 is 31.9 Å².